The molecule has 0 atom stereocenters. The first kappa shape index (κ1) is 18.2. The van der Waals surface area contributed by atoms with E-state index < -0.39 is 44.1 Å². The Hall–Kier alpha value is -2.63. The fourth-order valence-corrected chi connectivity index (χ4v) is 3.53. The predicted octanol–water partition coefficient (Wildman–Crippen LogP) is 3.60. The lowest BCUT2D eigenvalue weighted by atomic mass is 10.3. The molecular formula is C14H7F6N3O2S. The van der Waals surface area contributed by atoms with E-state index in [1.807, 2.05) is 0 Å². The van der Waals surface area contributed by atoms with E-state index in [9.17, 15) is 34.8 Å². The maximum absolute atomic E-state index is 13.1. The summed E-state index contributed by atoms with van der Waals surface area (Å²) in [6.07, 6.45) is -9.87. The molecule has 3 aromatic rings. The van der Waals surface area contributed by atoms with Crippen LogP contribution in [0.5, 0.6) is 0 Å². The van der Waals surface area contributed by atoms with Crippen molar-refractivity contribution < 1.29 is 34.8 Å². The van der Waals surface area contributed by atoms with Gasteiger partial charge in [-0.05, 0) is 18.2 Å². The lowest BCUT2D eigenvalue weighted by Gasteiger charge is -2.13. The van der Waals surface area contributed by atoms with E-state index in [-0.39, 0.29) is 15.5 Å². The molecule has 2 heterocycles. The van der Waals surface area contributed by atoms with Gasteiger partial charge in [0.1, 0.15) is 10.6 Å². The van der Waals surface area contributed by atoms with E-state index in [1.54, 1.807) is 0 Å². The quantitative estimate of drug-likeness (QED) is 0.622. The maximum atomic E-state index is 13.1. The molecule has 0 N–H and O–H groups in total. The van der Waals surface area contributed by atoms with Gasteiger partial charge in [0.05, 0.1) is 11.1 Å². The van der Waals surface area contributed by atoms with Gasteiger partial charge in [-0.1, -0.05) is 18.2 Å². The molecule has 3 rings (SSSR count). The smallest absolute Gasteiger partial charge is 0.223 e. The zero-order valence-corrected chi connectivity index (χ0v) is 13.2. The molecule has 0 aliphatic heterocycles. The standard InChI is InChI=1S/C14H7F6N3O2S/c15-13(16,17)10-6-11(14(18,19)20)23-12(22-10)9(7-21-23)26(24,25)8-4-2-1-3-5-8/h1-7H. The van der Waals surface area contributed by atoms with Crippen LogP contribution in [0.25, 0.3) is 5.65 Å². The van der Waals surface area contributed by atoms with Crippen LogP contribution in [0, 0.1) is 0 Å². The number of nitrogens with zero attached hydrogens (tertiary/aromatic N) is 3. The summed E-state index contributed by atoms with van der Waals surface area (Å²) >= 11 is 0. The molecule has 0 unspecified atom stereocenters. The average Bonchev–Trinajstić information content (AvgIpc) is 2.97. The van der Waals surface area contributed by atoms with Gasteiger partial charge >= 0.3 is 12.4 Å². The Labute approximate surface area is 141 Å². The third-order valence-corrected chi connectivity index (χ3v) is 5.12. The van der Waals surface area contributed by atoms with Crippen LogP contribution < -0.4 is 0 Å². The largest absolute Gasteiger partial charge is 0.433 e. The molecule has 0 amide bonds. The number of halogens is 6. The first-order chi connectivity index (χ1) is 11.9. The van der Waals surface area contributed by atoms with Gasteiger partial charge in [-0.25, -0.2) is 17.9 Å². The lowest BCUT2D eigenvalue weighted by Crippen LogP contribution is -2.18. The zero-order chi connectivity index (χ0) is 19.3. The molecule has 0 saturated heterocycles. The van der Waals surface area contributed by atoms with E-state index in [2.05, 4.69) is 10.1 Å². The van der Waals surface area contributed by atoms with Crippen LogP contribution in [0.2, 0.25) is 0 Å². The summed E-state index contributed by atoms with van der Waals surface area (Å²) < 4.78 is 103. The van der Waals surface area contributed by atoms with Crippen molar-refractivity contribution in [2.75, 3.05) is 0 Å². The third kappa shape index (κ3) is 3.00. The van der Waals surface area contributed by atoms with Crippen molar-refractivity contribution in [1.82, 2.24) is 14.6 Å². The minimum Gasteiger partial charge on any atom is -0.223 e. The fourth-order valence-electron chi connectivity index (χ4n) is 2.21. The summed E-state index contributed by atoms with van der Waals surface area (Å²) in [4.78, 5) is 1.89. The van der Waals surface area contributed by atoms with Crippen LogP contribution in [0.3, 0.4) is 0 Å². The SMILES string of the molecule is O=S(=O)(c1ccccc1)c1cnn2c(C(F)(F)F)cc(C(F)(F)F)nc12. The van der Waals surface area contributed by atoms with Gasteiger partial charge in [-0.15, -0.1) is 0 Å². The van der Waals surface area contributed by atoms with E-state index in [4.69, 9.17) is 0 Å². The van der Waals surface area contributed by atoms with Gasteiger partial charge in [0.15, 0.2) is 11.3 Å². The van der Waals surface area contributed by atoms with Gasteiger partial charge in [0, 0.05) is 0 Å². The summed E-state index contributed by atoms with van der Waals surface area (Å²) in [5, 5.41) is 3.29. The summed E-state index contributed by atoms with van der Waals surface area (Å²) in [6.45, 7) is 0. The van der Waals surface area contributed by atoms with Crippen LogP contribution in [-0.4, -0.2) is 23.0 Å². The molecule has 0 bridgehead atoms. The fraction of sp³-hybridized carbons (Fsp3) is 0.143. The Kier molecular flexibility index (Phi) is 3.98. The van der Waals surface area contributed by atoms with Crippen molar-refractivity contribution in [3.8, 4) is 0 Å². The Bertz CT molecular complexity index is 1070. The topological polar surface area (TPSA) is 64.3 Å². The molecule has 1 aromatic carbocycles. The van der Waals surface area contributed by atoms with Gasteiger partial charge in [-0.2, -0.15) is 31.4 Å². The Balaban J connectivity index is 2.37. The highest BCUT2D eigenvalue weighted by molar-refractivity contribution is 7.91. The number of rotatable bonds is 2. The van der Waals surface area contributed by atoms with E-state index in [1.165, 1.54) is 18.2 Å². The molecular weight excluding hydrogens is 388 g/mol. The molecule has 2 aromatic heterocycles. The van der Waals surface area contributed by atoms with Gasteiger partial charge in [0.2, 0.25) is 9.84 Å². The molecule has 12 heteroatoms. The average molecular weight is 395 g/mol. The Morgan fingerprint density at radius 2 is 1.54 bits per heavy atom. The van der Waals surface area contributed by atoms with Gasteiger partial charge in [0.25, 0.3) is 0 Å². The summed E-state index contributed by atoms with van der Waals surface area (Å²) in [5.41, 5.74) is -4.72. The van der Waals surface area contributed by atoms with Crippen molar-refractivity contribution in [1.29, 1.82) is 0 Å². The first-order valence-corrected chi connectivity index (χ1v) is 8.24. The van der Waals surface area contributed by atoms with E-state index in [0.717, 1.165) is 12.1 Å². The highest BCUT2D eigenvalue weighted by atomic mass is 32.2. The Morgan fingerprint density at radius 3 is 2.08 bits per heavy atom. The Morgan fingerprint density at radius 1 is 0.923 bits per heavy atom. The zero-order valence-electron chi connectivity index (χ0n) is 12.4. The van der Waals surface area contributed by atoms with Crippen molar-refractivity contribution in [3.63, 3.8) is 0 Å². The monoisotopic (exact) mass is 395 g/mol. The predicted molar refractivity (Wildman–Crippen MR) is 74.9 cm³/mol. The van der Waals surface area contributed by atoms with E-state index >= 15 is 0 Å². The molecule has 0 spiro atoms. The number of sulfone groups is 1. The summed E-state index contributed by atoms with van der Waals surface area (Å²) in [5.74, 6) is 0. The van der Waals surface area contributed by atoms with Crippen LogP contribution >= 0.6 is 0 Å². The minimum absolute atomic E-state index is 0.0328. The van der Waals surface area contributed by atoms with Crippen LogP contribution in [-0.2, 0) is 22.2 Å². The first-order valence-electron chi connectivity index (χ1n) is 6.75. The second-order valence-corrected chi connectivity index (χ2v) is 7.00. The molecule has 0 fully saturated rings. The van der Waals surface area contributed by atoms with Crippen molar-refractivity contribution in [2.24, 2.45) is 0 Å². The molecule has 0 saturated carbocycles. The molecule has 138 valence electrons. The van der Waals surface area contributed by atoms with Crippen molar-refractivity contribution in [3.05, 3.63) is 54.0 Å². The van der Waals surface area contributed by atoms with Crippen LogP contribution in [0.15, 0.2) is 52.4 Å². The molecule has 0 aliphatic carbocycles. The lowest BCUT2D eigenvalue weighted by molar-refractivity contribution is -0.148. The number of hydrogen-bond acceptors (Lipinski definition) is 4. The number of aromatic nitrogens is 3. The van der Waals surface area contributed by atoms with Crippen molar-refractivity contribution in [2.45, 2.75) is 22.1 Å². The summed E-state index contributed by atoms with van der Waals surface area (Å²) in [6, 6.07) is 6.28. The second-order valence-electron chi connectivity index (χ2n) is 5.08. The van der Waals surface area contributed by atoms with Gasteiger partial charge < -0.3 is 0 Å². The van der Waals surface area contributed by atoms with E-state index in [0.29, 0.717) is 6.20 Å². The maximum Gasteiger partial charge on any atom is 0.433 e. The van der Waals surface area contributed by atoms with Crippen molar-refractivity contribution >= 4 is 15.5 Å². The highest BCUT2D eigenvalue weighted by Crippen LogP contribution is 2.36. The molecule has 0 aliphatic rings. The number of benzene rings is 1. The molecule has 26 heavy (non-hydrogen) atoms. The normalized spacial score (nSPS) is 13.3. The minimum atomic E-state index is -5.21. The number of alkyl halides is 6. The number of fused-ring (bicyclic) bond motifs is 1. The summed E-state index contributed by atoms with van der Waals surface area (Å²) in [7, 11) is -4.43. The second kappa shape index (κ2) is 5.69. The van der Waals surface area contributed by atoms with Crippen LogP contribution in [0.4, 0.5) is 26.3 Å². The van der Waals surface area contributed by atoms with Gasteiger partial charge in [-0.3, -0.25) is 0 Å². The molecule has 5 nitrogen and oxygen atoms in total. The third-order valence-electron chi connectivity index (χ3n) is 3.36. The molecule has 0 radical (unpaired) electrons. The highest BCUT2D eigenvalue weighted by Gasteiger charge is 2.41. The number of hydrogen-bond donors (Lipinski definition) is 0. The van der Waals surface area contributed by atoms with Crippen LogP contribution in [0.1, 0.15) is 11.4 Å².